The molecule has 2 atom stereocenters. The van der Waals surface area contributed by atoms with Crippen LogP contribution in [0.1, 0.15) is 23.7 Å². The average Bonchev–Trinajstić information content (AvgIpc) is 3.05. The maximum atomic E-state index is 12.9. The number of carboxylic acids is 1. The van der Waals surface area contributed by atoms with Gasteiger partial charge in [0.05, 0.1) is 4.88 Å². The van der Waals surface area contributed by atoms with Crippen LogP contribution < -0.4 is 4.72 Å². The lowest BCUT2D eigenvalue weighted by molar-refractivity contribution is -0.155. The third-order valence-electron chi connectivity index (χ3n) is 4.83. The Morgan fingerprint density at radius 2 is 2.00 bits per heavy atom. The maximum Gasteiger partial charge on any atom is 0.452 e. The highest BCUT2D eigenvalue weighted by Gasteiger charge is 2.63. The number of carbonyl (C=O) groups is 1. The van der Waals surface area contributed by atoms with Crippen molar-refractivity contribution >= 4 is 43.3 Å². The molecule has 2 aromatic heterocycles. The maximum absolute atomic E-state index is 12.9. The van der Waals surface area contributed by atoms with Gasteiger partial charge in [-0.3, -0.25) is 4.79 Å². The monoisotopic (exact) mass is 536 g/mol. The fourth-order valence-corrected chi connectivity index (χ4v) is 6.43. The van der Waals surface area contributed by atoms with E-state index in [1.807, 2.05) is 0 Å². The van der Waals surface area contributed by atoms with Gasteiger partial charge in [0.25, 0.3) is 10.0 Å². The number of sulfonamides is 1. The molecule has 3 aromatic rings. The molecule has 2 N–H and O–H groups in total. The second-order valence-electron chi connectivity index (χ2n) is 6.85. The number of thiophene rings is 1. The van der Waals surface area contributed by atoms with Gasteiger partial charge < -0.3 is 9.63 Å². The molecule has 1 fully saturated rings. The predicted molar refractivity (Wildman–Crippen MR) is 107 cm³/mol. The number of benzene rings is 1. The lowest BCUT2D eigenvalue weighted by Gasteiger charge is -2.15. The van der Waals surface area contributed by atoms with Crippen LogP contribution in [0.2, 0.25) is 0 Å². The first-order valence-electron chi connectivity index (χ1n) is 8.60. The fraction of sp³-hybridized carbons (Fsp3) is 0.222. The molecule has 0 amide bonds. The van der Waals surface area contributed by atoms with E-state index in [0.29, 0.717) is 27.4 Å². The number of alkyl halides is 3. The van der Waals surface area contributed by atoms with E-state index in [9.17, 15) is 31.5 Å². The number of rotatable bonds is 6. The highest BCUT2D eigenvalue weighted by atomic mass is 79.9. The minimum absolute atomic E-state index is 0.0562. The minimum atomic E-state index is -4.72. The SMILES string of the molecule is O=C(O)[C@]1(NS(=O)(=O)c2ccc(-c3cc(C(F)(F)F)on3)s2)C[C@@H]1c1ccccc1Br. The van der Waals surface area contributed by atoms with Crippen molar-refractivity contribution in [2.75, 3.05) is 0 Å². The standard InChI is InChI=1S/C18H12BrF3N2O5S2/c19-11-4-2-1-3-9(11)10-8-17(10,16(25)26)24-31(27,28)15-6-5-13(30-15)12-7-14(29-23-12)18(20,21)22/h1-7,10,24H,8H2,(H,25,26)/t10-,17+/m1/s1. The van der Waals surface area contributed by atoms with Gasteiger partial charge in [-0.1, -0.05) is 39.3 Å². The number of aromatic nitrogens is 1. The second kappa shape index (κ2) is 7.43. The first-order valence-corrected chi connectivity index (χ1v) is 11.7. The molecule has 31 heavy (non-hydrogen) atoms. The Bertz CT molecular complexity index is 1270. The van der Waals surface area contributed by atoms with E-state index in [0.717, 1.165) is 0 Å². The van der Waals surface area contributed by atoms with Gasteiger partial charge in [-0.25, -0.2) is 8.42 Å². The summed E-state index contributed by atoms with van der Waals surface area (Å²) in [7, 11) is -4.27. The van der Waals surface area contributed by atoms with E-state index in [1.165, 1.54) is 12.1 Å². The molecule has 1 aliphatic carbocycles. The summed E-state index contributed by atoms with van der Waals surface area (Å²) in [5.41, 5.74) is -1.24. The largest absolute Gasteiger partial charge is 0.480 e. The number of aliphatic carboxylic acids is 1. The zero-order chi connectivity index (χ0) is 22.6. The summed E-state index contributed by atoms with van der Waals surface area (Å²) >= 11 is 4.00. The molecule has 7 nitrogen and oxygen atoms in total. The first-order chi connectivity index (χ1) is 14.4. The van der Waals surface area contributed by atoms with Crippen LogP contribution in [0.5, 0.6) is 0 Å². The van der Waals surface area contributed by atoms with Crippen LogP contribution in [0.15, 0.2) is 55.7 Å². The van der Waals surface area contributed by atoms with Crippen molar-refractivity contribution in [3.8, 4) is 10.6 Å². The predicted octanol–water partition coefficient (Wildman–Crippen LogP) is 4.47. The molecule has 13 heteroatoms. The number of halogens is 4. The highest BCUT2D eigenvalue weighted by molar-refractivity contribution is 9.10. The van der Waals surface area contributed by atoms with Crippen LogP contribution in [0, 0.1) is 0 Å². The molecule has 0 spiro atoms. The van der Waals surface area contributed by atoms with Gasteiger partial charge >= 0.3 is 12.1 Å². The number of nitrogens with zero attached hydrogens (tertiary/aromatic N) is 1. The summed E-state index contributed by atoms with van der Waals surface area (Å²) in [6.45, 7) is 0. The van der Waals surface area contributed by atoms with Gasteiger partial charge in [-0.15, -0.1) is 11.3 Å². The Labute approximate surface area is 186 Å². The number of hydrogen-bond donors (Lipinski definition) is 2. The summed E-state index contributed by atoms with van der Waals surface area (Å²) in [4.78, 5) is 12.1. The molecule has 1 aliphatic rings. The van der Waals surface area contributed by atoms with E-state index >= 15 is 0 Å². The molecule has 0 aliphatic heterocycles. The average molecular weight is 537 g/mol. The molecule has 4 rings (SSSR count). The molecule has 0 unspecified atom stereocenters. The Balaban J connectivity index is 1.60. The van der Waals surface area contributed by atoms with Gasteiger partial charge in [0.15, 0.2) is 0 Å². The van der Waals surface area contributed by atoms with Gasteiger partial charge in [-0.05, 0) is 30.2 Å². The fourth-order valence-electron chi connectivity index (χ4n) is 3.21. The zero-order valence-electron chi connectivity index (χ0n) is 15.2. The van der Waals surface area contributed by atoms with Crippen LogP contribution in [0.25, 0.3) is 10.6 Å². The Hall–Kier alpha value is -2.22. The van der Waals surface area contributed by atoms with Crippen molar-refractivity contribution in [1.29, 1.82) is 0 Å². The lowest BCUT2D eigenvalue weighted by atomic mass is 10.1. The highest BCUT2D eigenvalue weighted by Crippen LogP contribution is 2.54. The van der Waals surface area contributed by atoms with E-state index in [1.54, 1.807) is 24.3 Å². The molecule has 0 saturated heterocycles. The number of nitrogens with one attached hydrogen (secondary N) is 1. The van der Waals surface area contributed by atoms with E-state index in [2.05, 4.69) is 30.3 Å². The molecule has 164 valence electrons. The number of carboxylic acid groups (broad SMARTS) is 1. The van der Waals surface area contributed by atoms with E-state index in [-0.39, 0.29) is 21.2 Å². The van der Waals surface area contributed by atoms with Crippen molar-refractivity contribution in [3.05, 3.63) is 58.3 Å². The molecular weight excluding hydrogens is 525 g/mol. The molecule has 0 radical (unpaired) electrons. The van der Waals surface area contributed by atoms with E-state index in [4.69, 9.17) is 0 Å². The topological polar surface area (TPSA) is 110 Å². The van der Waals surface area contributed by atoms with Crippen LogP contribution in [-0.2, 0) is 21.0 Å². The normalized spacial score (nSPS) is 21.2. The van der Waals surface area contributed by atoms with Gasteiger partial charge in [0.2, 0.25) is 5.76 Å². The second-order valence-corrected chi connectivity index (χ2v) is 10.7. The lowest BCUT2D eigenvalue weighted by Crippen LogP contribution is -2.44. The first kappa shape index (κ1) is 22.0. The van der Waals surface area contributed by atoms with Crippen LogP contribution >= 0.6 is 27.3 Å². The Morgan fingerprint density at radius 1 is 1.29 bits per heavy atom. The van der Waals surface area contributed by atoms with Crippen LogP contribution in [0.4, 0.5) is 13.2 Å². The van der Waals surface area contributed by atoms with Gasteiger partial charge in [0.1, 0.15) is 15.4 Å². The summed E-state index contributed by atoms with van der Waals surface area (Å²) in [6.07, 6.45) is -4.67. The Morgan fingerprint density at radius 3 is 2.61 bits per heavy atom. The summed E-state index contributed by atoms with van der Waals surface area (Å²) in [5, 5.41) is 13.1. The third-order valence-corrected chi connectivity index (χ3v) is 8.66. The van der Waals surface area contributed by atoms with Gasteiger partial charge in [-0.2, -0.15) is 17.9 Å². The smallest absolute Gasteiger partial charge is 0.452 e. The molecule has 1 saturated carbocycles. The zero-order valence-corrected chi connectivity index (χ0v) is 18.4. The van der Waals surface area contributed by atoms with Crippen LogP contribution in [-0.4, -0.2) is 30.2 Å². The molecular formula is C18H12BrF3N2O5S2. The Kier molecular flexibility index (Phi) is 5.27. The third kappa shape index (κ3) is 4.02. The van der Waals surface area contributed by atoms with Crippen molar-refractivity contribution < 1.29 is 36.0 Å². The van der Waals surface area contributed by atoms with Crippen molar-refractivity contribution in [1.82, 2.24) is 9.88 Å². The van der Waals surface area contributed by atoms with Crippen molar-refractivity contribution in [3.63, 3.8) is 0 Å². The van der Waals surface area contributed by atoms with Crippen molar-refractivity contribution in [2.24, 2.45) is 0 Å². The van der Waals surface area contributed by atoms with Gasteiger partial charge in [0, 0.05) is 16.5 Å². The summed E-state index contributed by atoms with van der Waals surface area (Å²) in [5.74, 6) is -3.21. The molecule has 2 heterocycles. The summed E-state index contributed by atoms with van der Waals surface area (Å²) in [6, 6.07) is 10.0. The summed E-state index contributed by atoms with van der Waals surface area (Å²) < 4.78 is 70.7. The molecule has 0 bridgehead atoms. The van der Waals surface area contributed by atoms with Crippen LogP contribution in [0.3, 0.4) is 0 Å². The quantitative estimate of drug-likeness (QED) is 0.480. The minimum Gasteiger partial charge on any atom is -0.480 e. The number of hydrogen-bond acceptors (Lipinski definition) is 6. The molecule has 1 aromatic carbocycles. The van der Waals surface area contributed by atoms with Crippen molar-refractivity contribution in [2.45, 2.75) is 28.3 Å². The van der Waals surface area contributed by atoms with E-state index < -0.39 is 39.4 Å².